The molecule has 2 atom stereocenters. The summed E-state index contributed by atoms with van der Waals surface area (Å²) in [6, 6.07) is 39.2. The van der Waals surface area contributed by atoms with E-state index in [9.17, 15) is 9.59 Å². The van der Waals surface area contributed by atoms with Crippen molar-refractivity contribution in [1.82, 2.24) is 10.2 Å². The van der Waals surface area contributed by atoms with Gasteiger partial charge in [0.1, 0.15) is 5.60 Å². The van der Waals surface area contributed by atoms with E-state index in [1.807, 2.05) is 106 Å². The van der Waals surface area contributed by atoms with Crippen LogP contribution in [0.1, 0.15) is 49.1 Å². The van der Waals surface area contributed by atoms with Crippen LogP contribution in [0, 0.1) is 0 Å². The molecule has 1 N–H and O–H groups in total. The smallest absolute Gasteiger partial charge is 0.408 e. The average molecular weight is 561 g/mol. The number of carbonyl (C=O) groups is 2. The monoisotopic (exact) mass is 560 g/mol. The lowest BCUT2D eigenvalue weighted by atomic mass is 9.97. The summed E-state index contributed by atoms with van der Waals surface area (Å²) in [4.78, 5) is 29.1. The number of nitrogens with one attached hydrogen (secondary N) is 1. The quantitative estimate of drug-likeness (QED) is 0.181. The third-order valence-electron chi connectivity index (χ3n) is 6.78. The van der Waals surface area contributed by atoms with Crippen LogP contribution in [0.5, 0.6) is 0 Å². The lowest BCUT2D eigenvalue weighted by Gasteiger charge is -2.31. The van der Waals surface area contributed by atoms with Gasteiger partial charge in [0.25, 0.3) is 0 Å². The van der Waals surface area contributed by atoms with Crippen molar-refractivity contribution in [2.45, 2.75) is 58.0 Å². The molecule has 0 saturated carbocycles. The van der Waals surface area contributed by atoms with Crippen LogP contribution in [0.2, 0.25) is 0 Å². The molecule has 0 radical (unpaired) electrons. The van der Waals surface area contributed by atoms with Gasteiger partial charge in [-0.3, -0.25) is 9.69 Å². The molecule has 2 unspecified atom stereocenters. The number of carbonyl (C=O) groups excluding carboxylic acids is 2. The minimum absolute atomic E-state index is 0.0300. The number of alkyl carbamates (subject to hydrolysis) is 1. The first-order valence-corrected chi connectivity index (χ1v) is 14.4. The minimum Gasteiger partial charge on any atom is -0.444 e. The molecule has 0 saturated heterocycles. The number of ketones is 1. The van der Waals surface area contributed by atoms with Crippen LogP contribution < -0.4 is 5.32 Å². The summed E-state index contributed by atoms with van der Waals surface area (Å²) in [6.45, 7) is 6.71. The highest BCUT2D eigenvalue weighted by Gasteiger charge is 2.26. The molecule has 0 aliphatic carbocycles. The molecule has 0 heterocycles. The van der Waals surface area contributed by atoms with Gasteiger partial charge in [-0.1, -0.05) is 127 Å². The van der Waals surface area contributed by atoms with E-state index in [0.29, 0.717) is 19.5 Å². The fraction of sp³-hybridized carbons (Fsp3) is 0.243. The Morgan fingerprint density at radius 1 is 0.714 bits per heavy atom. The van der Waals surface area contributed by atoms with Crippen molar-refractivity contribution >= 4 is 11.9 Å². The van der Waals surface area contributed by atoms with E-state index in [2.05, 4.69) is 46.6 Å². The van der Waals surface area contributed by atoms with Gasteiger partial charge in [-0.05, 0) is 55.5 Å². The predicted octanol–water partition coefficient (Wildman–Crippen LogP) is 7.69. The van der Waals surface area contributed by atoms with Crippen molar-refractivity contribution in [3.8, 4) is 0 Å². The zero-order chi connectivity index (χ0) is 29.8. The molecule has 0 aliphatic heterocycles. The van der Waals surface area contributed by atoms with Crippen molar-refractivity contribution < 1.29 is 14.3 Å². The highest BCUT2D eigenvalue weighted by molar-refractivity contribution is 5.94. The summed E-state index contributed by atoms with van der Waals surface area (Å²) >= 11 is 0. The van der Waals surface area contributed by atoms with Crippen LogP contribution in [0.15, 0.2) is 133 Å². The van der Waals surface area contributed by atoms with Crippen molar-refractivity contribution in [2.75, 3.05) is 0 Å². The number of hydrogen-bond acceptors (Lipinski definition) is 4. The molecule has 4 aromatic carbocycles. The van der Waals surface area contributed by atoms with Crippen LogP contribution in [0.4, 0.5) is 4.79 Å². The SMILES string of the molecule is CC(C)(C)OC(=O)NC(C=CC(=O)C(Cc1ccccc1)N(Cc1ccccc1)Cc1ccccc1)c1ccccc1. The van der Waals surface area contributed by atoms with E-state index in [0.717, 1.165) is 22.3 Å². The molecule has 0 fully saturated rings. The molecule has 4 aromatic rings. The molecule has 5 heteroatoms. The minimum atomic E-state index is -0.638. The third kappa shape index (κ3) is 9.86. The second-order valence-corrected chi connectivity index (χ2v) is 11.4. The van der Waals surface area contributed by atoms with Crippen LogP contribution in [-0.2, 0) is 29.0 Å². The first-order chi connectivity index (χ1) is 20.3. The highest BCUT2D eigenvalue weighted by Crippen LogP contribution is 2.21. The fourth-order valence-electron chi connectivity index (χ4n) is 4.80. The van der Waals surface area contributed by atoms with Crippen molar-refractivity contribution in [1.29, 1.82) is 0 Å². The Labute approximate surface area is 249 Å². The molecule has 4 rings (SSSR count). The van der Waals surface area contributed by atoms with E-state index in [4.69, 9.17) is 4.74 Å². The van der Waals surface area contributed by atoms with Crippen LogP contribution in [-0.4, -0.2) is 28.4 Å². The standard InChI is InChI=1S/C37H40N2O3/c1-37(2,3)42-36(41)38-33(32-22-14-7-15-23-32)24-25-35(40)34(26-29-16-8-4-9-17-29)39(27-30-18-10-5-11-19-30)28-31-20-12-6-13-21-31/h4-25,33-34H,26-28H2,1-3H3,(H,38,41). The van der Waals surface area contributed by atoms with Gasteiger partial charge >= 0.3 is 6.09 Å². The topological polar surface area (TPSA) is 58.6 Å². The number of benzene rings is 4. The summed E-state index contributed by atoms with van der Waals surface area (Å²) in [7, 11) is 0. The Morgan fingerprint density at radius 2 is 1.17 bits per heavy atom. The first-order valence-electron chi connectivity index (χ1n) is 14.4. The summed E-state index contributed by atoms with van der Waals surface area (Å²) < 4.78 is 5.52. The fourth-order valence-corrected chi connectivity index (χ4v) is 4.80. The number of rotatable bonds is 12. The van der Waals surface area contributed by atoms with E-state index in [1.165, 1.54) is 0 Å². The lowest BCUT2D eigenvalue weighted by molar-refractivity contribution is -0.120. The predicted molar refractivity (Wildman–Crippen MR) is 169 cm³/mol. The maximum atomic E-state index is 14.1. The van der Waals surface area contributed by atoms with Gasteiger partial charge in [0.05, 0.1) is 12.1 Å². The van der Waals surface area contributed by atoms with Crippen molar-refractivity contribution in [3.05, 3.63) is 156 Å². The molecule has 0 aromatic heterocycles. The normalized spacial score (nSPS) is 13.0. The molecule has 0 bridgehead atoms. The van der Waals surface area contributed by atoms with Crippen molar-refractivity contribution in [3.63, 3.8) is 0 Å². The van der Waals surface area contributed by atoms with Crippen LogP contribution >= 0.6 is 0 Å². The van der Waals surface area contributed by atoms with Gasteiger partial charge < -0.3 is 10.1 Å². The summed E-state index contributed by atoms with van der Waals surface area (Å²) in [6.07, 6.45) is 3.40. The Bertz CT molecular complexity index is 1370. The zero-order valence-corrected chi connectivity index (χ0v) is 24.6. The second-order valence-electron chi connectivity index (χ2n) is 11.4. The van der Waals surface area contributed by atoms with Gasteiger partial charge in [-0.2, -0.15) is 0 Å². The lowest BCUT2D eigenvalue weighted by Crippen LogP contribution is -2.41. The summed E-state index contributed by atoms with van der Waals surface area (Å²) in [5.41, 5.74) is 3.58. The van der Waals surface area contributed by atoms with Gasteiger partial charge in [0.2, 0.25) is 0 Å². The maximum absolute atomic E-state index is 14.1. The van der Waals surface area contributed by atoms with Gasteiger partial charge in [0.15, 0.2) is 5.78 Å². The number of hydrogen-bond donors (Lipinski definition) is 1. The first kappa shape index (κ1) is 30.5. The average Bonchev–Trinajstić information content (AvgIpc) is 2.99. The molecule has 1 amide bonds. The largest absolute Gasteiger partial charge is 0.444 e. The molecule has 0 spiro atoms. The van der Waals surface area contributed by atoms with Gasteiger partial charge in [-0.25, -0.2) is 4.79 Å². The molecular weight excluding hydrogens is 520 g/mol. The van der Waals surface area contributed by atoms with Crippen LogP contribution in [0.3, 0.4) is 0 Å². The number of nitrogens with zero attached hydrogens (tertiary/aromatic N) is 1. The van der Waals surface area contributed by atoms with E-state index < -0.39 is 23.8 Å². The maximum Gasteiger partial charge on any atom is 0.408 e. The van der Waals surface area contributed by atoms with E-state index in [1.54, 1.807) is 12.2 Å². The Hall–Kier alpha value is -4.48. The molecule has 5 nitrogen and oxygen atoms in total. The summed E-state index contributed by atoms with van der Waals surface area (Å²) in [5, 5.41) is 2.93. The van der Waals surface area contributed by atoms with Crippen molar-refractivity contribution in [2.24, 2.45) is 0 Å². The molecule has 42 heavy (non-hydrogen) atoms. The summed E-state index contributed by atoms with van der Waals surface area (Å²) in [5.74, 6) is -0.0300. The molecule has 0 aliphatic rings. The molecular formula is C37H40N2O3. The Morgan fingerprint density at radius 3 is 1.64 bits per heavy atom. The number of ether oxygens (including phenoxy) is 1. The number of amides is 1. The highest BCUT2D eigenvalue weighted by atomic mass is 16.6. The van der Waals surface area contributed by atoms with E-state index in [-0.39, 0.29) is 5.78 Å². The Balaban J connectivity index is 1.66. The van der Waals surface area contributed by atoms with E-state index >= 15 is 0 Å². The third-order valence-corrected chi connectivity index (χ3v) is 6.78. The van der Waals surface area contributed by atoms with Crippen LogP contribution in [0.25, 0.3) is 0 Å². The Kier molecular flexibility index (Phi) is 10.8. The zero-order valence-electron chi connectivity index (χ0n) is 24.6. The van der Waals surface area contributed by atoms with Gasteiger partial charge in [0, 0.05) is 13.1 Å². The molecule has 216 valence electrons. The second kappa shape index (κ2) is 14.9. The van der Waals surface area contributed by atoms with Gasteiger partial charge in [-0.15, -0.1) is 0 Å².